The Morgan fingerprint density at radius 3 is 2.83 bits per heavy atom. The first-order chi connectivity index (χ1) is 11.3. The van der Waals surface area contributed by atoms with Crippen LogP contribution in [0.5, 0.6) is 0 Å². The van der Waals surface area contributed by atoms with Gasteiger partial charge in [-0.3, -0.25) is 4.90 Å². The smallest absolute Gasteiger partial charge is 0.142 e. The van der Waals surface area contributed by atoms with Gasteiger partial charge in [-0.1, -0.05) is 0 Å². The van der Waals surface area contributed by atoms with Crippen LogP contribution in [0.15, 0.2) is 18.6 Å². The molecule has 23 heavy (non-hydrogen) atoms. The van der Waals surface area contributed by atoms with Gasteiger partial charge >= 0.3 is 0 Å². The fraction of sp³-hybridized carbons (Fsp3) is 0.647. The maximum Gasteiger partial charge on any atom is 0.142 e. The van der Waals surface area contributed by atoms with Gasteiger partial charge in [-0.2, -0.15) is 0 Å². The van der Waals surface area contributed by atoms with Crippen LogP contribution in [-0.2, 0) is 4.74 Å². The van der Waals surface area contributed by atoms with E-state index in [4.69, 9.17) is 4.74 Å². The molecule has 0 saturated carbocycles. The molecule has 4 rings (SSSR count). The van der Waals surface area contributed by atoms with E-state index in [1.54, 1.807) is 13.4 Å². The molecule has 6 heteroatoms. The second-order valence-electron chi connectivity index (χ2n) is 6.79. The van der Waals surface area contributed by atoms with E-state index in [-0.39, 0.29) is 0 Å². The summed E-state index contributed by atoms with van der Waals surface area (Å²) >= 11 is 0. The quantitative estimate of drug-likeness (QED) is 0.915. The van der Waals surface area contributed by atoms with E-state index in [1.165, 1.54) is 25.7 Å². The van der Waals surface area contributed by atoms with Gasteiger partial charge in [0, 0.05) is 45.0 Å². The van der Waals surface area contributed by atoms with E-state index in [9.17, 15) is 0 Å². The van der Waals surface area contributed by atoms with Crippen molar-refractivity contribution in [2.24, 2.45) is 0 Å². The largest absolute Gasteiger partial charge is 0.383 e. The van der Waals surface area contributed by atoms with Crippen molar-refractivity contribution in [3.63, 3.8) is 0 Å². The van der Waals surface area contributed by atoms with Crippen molar-refractivity contribution in [3.05, 3.63) is 18.6 Å². The summed E-state index contributed by atoms with van der Waals surface area (Å²) in [5.41, 5.74) is 0.919. The third-order valence-corrected chi connectivity index (χ3v) is 5.63. The lowest BCUT2D eigenvalue weighted by Gasteiger charge is -2.42. The number of ether oxygens (including phenoxy) is 1. The summed E-state index contributed by atoms with van der Waals surface area (Å²) in [4.78, 5) is 17.1. The first kappa shape index (κ1) is 14.9. The van der Waals surface area contributed by atoms with E-state index in [1.807, 2.05) is 6.20 Å². The number of hydrogen-bond acceptors (Lipinski definition) is 5. The Kier molecular flexibility index (Phi) is 3.95. The number of anilines is 1. The highest BCUT2D eigenvalue weighted by Crippen LogP contribution is 2.38. The van der Waals surface area contributed by atoms with Crippen LogP contribution >= 0.6 is 0 Å². The highest BCUT2D eigenvalue weighted by atomic mass is 16.5. The fourth-order valence-electron chi connectivity index (χ4n) is 4.44. The first-order valence-electron chi connectivity index (χ1n) is 8.53. The molecule has 0 amide bonds. The zero-order valence-corrected chi connectivity index (χ0v) is 13.9. The van der Waals surface area contributed by atoms with Crippen LogP contribution < -0.4 is 4.90 Å². The molecule has 2 atom stereocenters. The van der Waals surface area contributed by atoms with Crippen molar-refractivity contribution in [2.75, 3.05) is 32.2 Å². The zero-order chi connectivity index (χ0) is 15.8. The predicted molar refractivity (Wildman–Crippen MR) is 90.7 cm³/mol. The van der Waals surface area contributed by atoms with Crippen molar-refractivity contribution < 1.29 is 4.74 Å². The van der Waals surface area contributed by atoms with Gasteiger partial charge in [-0.25, -0.2) is 9.97 Å². The molecule has 2 aliphatic rings. The Morgan fingerprint density at radius 2 is 2.09 bits per heavy atom. The zero-order valence-electron chi connectivity index (χ0n) is 13.9. The lowest BCUT2D eigenvalue weighted by Crippen LogP contribution is -2.50. The molecule has 2 aromatic heterocycles. The van der Waals surface area contributed by atoms with Crippen molar-refractivity contribution >= 4 is 16.9 Å². The molecule has 0 radical (unpaired) electrons. The first-order valence-corrected chi connectivity index (χ1v) is 8.53. The van der Waals surface area contributed by atoms with Crippen LogP contribution in [0.1, 0.15) is 25.7 Å². The molecule has 2 saturated heterocycles. The van der Waals surface area contributed by atoms with Gasteiger partial charge in [0.05, 0.1) is 12.0 Å². The summed E-state index contributed by atoms with van der Waals surface area (Å²) in [6, 6.07) is 4.02. The lowest BCUT2D eigenvalue weighted by molar-refractivity contribution is 0.0831. The second kappa shape index (κ2) is 6.09. The summed E-state index contributed by atoms with van der Waals surface area (Å²) < 4.78 is 5.28. The molecular weight excluding hydrogens is 290 g/mol. The normalized spacial score (nSPS) is 27.7. The number of fused-ring (bicyclic) bond motifs is 3. The van der Waals surface area contributed by atoms with Crippen LogP contribution in [-0.4, -0.2) is 65.3 Å². The molecule has 0 aromatic carbocycles. The second-order valence-corrected chi connectivity index (χ2v) is 6.79. The number of nitrogens with one attached hydrogen (secondary N) is 1. The molecule has 2 unspecified atom stereocenters. The topological polar surface area (TPSA) is 57.3 Å². The molecule has 0 aliphatic carbocycles. The molecule has 2 bridgehead atoms. The van der Waals surface area contributed by atoms with E-state index in [2.05, 4.69) is 37.9 Å². The van der Waals surface area contributed by atoms with Crippen molar-refractivity contribution in [3.8, 4) is 0 Å². The minimum absolute atomic E-state index is 0.555. The standard InChI is InChI=1S/C17H25N5O/c1-21(17-15-5-6-18-16(15)19-11-20-17)14-9-12-3-4-13(10-14)22(12)7-8-23-2/h5-6,11-14H,3-4,7-10H2,1-2H3,(H,18,19,20). The Labute approximate surface area is 136 Å². The molecule has 6 nitrogen and oxygen atoms in total. The highest BCUT2D eigenvalue weighted by molar-refractivity contribution is 5.87. The molecule has 124 valence electrons. The van der Waals surface area contributed by atoms with Gasteiger partial charge in [-0.15, -0.1) is 0 Å². The number of rotatable bonds is 5. The van der Waals surface area contributed by atoms with Crippen LogP contribution in [0, 0.1) is 0 Å². The number of aromatic nitrogens is 3. The van der Waals surface area contributed by atoms with E-state index >= 15 is 0 Å². The molecule has 4 heterocycles. The Morgan fingerprint density at radius 1 is 1.30 bits per heavy atom. The Hall–Kier alpha value is -1.66. The summed E-state index contributed by atoms with van der Waals surface area (Å²) in [5.74, 6) is 1.05. The van der Waals surface area contributed by atoms with Crippen molar-refractivity contribution in [2.45, 2.75) is 43.8 Å². The molecule has 2 fully saturated rings. The maximum atomic E-state index is 5.28. The van der Waals surface area contributed by atoms with E-state index in [0.717, 1.165) is 30.0 Å². The number of methoxy groups -OCH3 is 1. The van der Waals surface area contributed by atoms with E-state index in [0.29, 0.717) is 18.1 Å². The monoisotopic (exact) mass is 315 g/mol. The number of piperidine rings is 1. The molecule has 1 N–H and O–H groups in total. The van der Waals surface area contributed by atoms with E-state index < -0.39 is 0 Å². The molecular formula is C17H25N5O. The summed E-state index contributed by atoms with van der Waals surface area (Å²) in [6.45, 7) is 1.90. The van der Waals surface area contributed by atoms with Gasteiger partial charge in [0.1, 0.15) is 17.8 Å². The predicted octanol–water partition coefficient (Wildman–Crippen LogP) is 2.04. The van der Waals surface area contributed by atoms with Crippen molar-refractivity contribution in [1.82, 2.24) is 19.9 Å². The Bertz CT molecular complexity index is 658. The van der Waals surface area contributed by atoms with Crippen LogP contribution in [0.25, 0.3) is 11.0 Å². The minimum atomic E-state index is 0.555. The van der Waals surface area contributed by atoms with Gasteiger partial charge < -0.3 is 14.6 Å². The van der Waals surface area contributed by atoms with Crippen LogP contribution in [0.2, 0.25) is 0 Å². The SMILES string of the molecule is COCCN1C2CCC1CC(N(C)c1ncnc3[nH]ccc13)C2. The number of H-pyrrole nitrogens is 1. The Balaban J connectivity index is 1.53. The molecule has 2 aromatic rings. The molecule has 2 aliphatic heterocycles. The number of nitrogens with zero attached hydrogens (tertiary/aromatic N) is 4. The minimum Gasteiger partial charge on any atom is -0.383 e. The van der Waals surface area contributed by atoms with Gasteiger partial charge in [0.15, 0.2) is 0 Å². The summed E-state index contributed by atoms with van der Waals surface area (Å²) in [7, 11) is 3.98. The third-order valence-electron chi connectivity index (χ3n) is 5.63. The lowest BCUT2D eigenvalue weighted by atomic mass is 9.96. The fourth-order valence-corrected chi connectivity index (χ4v) is 4.44. The average molecular weight is 315 g/mol. The van der Waals surface area contributed by atoms with Crippen LogP contribution in [0.4, 0.5) is 5.82 Å². The average Bonchev–Trinajstić information content (AvgIpc) is 3.13. The molecule has 0 spiro atoms. The van der Waals surface area contributed by atoms with Crippen LogP contribution in [0.3, 0.4) is 0 Å². The third kappa shape index (κ3) is 2.60. The number of aromatic amines is 1. The number of hydrogen-bond donors (Lipinski definition) is 1. The van der Waals surface area contributed by atoms with Gasteiger partial charge in [0.25, 0.3) is 0 Å². The van der Waals surface area contributed by atoms with Crippen molar-refractivity contribution in [1.29, 1.82) is 0 Å². The summed E-state index contributed by atoms with van der Waals surface area (Å²) in [6.07, 6.45) is 8.67. The maximum absolute atomic E-state index is 5.28. The van der Waals surface area contributed by atoms with Gasteiger partial charge in [0.2, 0.25) is 0 Å². The highest BCUT2D eigenvalue weighted by Gasteiger charge is 2.41. The summed E-state index contributed by atoms with van der Waals surface area (Å²) in [5, 5.41) is 1.11. The van der Waals surface area contributed by atoms with Gasteiger partial charge in [-0.05, 0) is 31.7 Å².